The Balaban J connectivity index is 1.96. The first-order valence-corrected chi connectivity index (χ1v) is 5.89. The zero-order valence-electron chi connectivity index (χ0n) is 9.65. The number of hydrogen-bond acceptors (Lipinski definition) is 3. The molecule has 16 heavy (non-hydrogen) atoms. The molecule has 0 spiro atoms. The Bertz CT molecular complexity index is 334. The fraction of sp³-hybridized carbons (Fsp3) is 0.538. The van der Waals surface area contributed by atoms with Gasteiger partial charge in [-0.15, -0.1) is 0 Å². The van der Waals surface area contributed by atoms with Crippen LogP contribution in [0.2, 0.25) is 0 Å². The lowest BCUT2D eigenvalue weighted by Gasteiger charge is -2.27. The number of rotatable bonds is 3. The number of hydrogen-bond donors (Lipinski definition) is 2. The second-order valence-electron chi connectivity index (χ2n) is 4.36. The van der Waals surface area contributed by atoms with Crippen molar-refractivity contribution in [2.24, 2.45) is 0 Å². The van der Waals surface area contributed by atoms with Gasteiger partial charge in [-0.05, 0) is 25.8 Å². The molecule has 0 radical (unpaired) electrons. The van der Waals surface area contributed by atoms with Gasteiger partial charge in [0.15, 0.2) is 0 Å². The van der Waals surface area contributed by atoms with E-state index in [1.165, 1.54) is 0 Å². The van der Waals surface area contributed by atoms with E-state index in [2.05, 4.69) is 12.2 Å². The fourth-order valence-electron chi connectivity index (χ4n) is 2.17. The molecule has 1 aliphatic heterocycles. The lowest BCUT2D eigenvalue weighted by Crippen LogP contribution is -2.38. The van der Waals surface area contributed by atoms with E-state index >= 15 is 0 Å². The predicted molar refractivity (Wildman–Crippen MR) is 63.5 cm³/mol. The summed E-state index contributed by atoms with van der Waals surface area (Å²) in [5, 5.41) is 13.2. The zero-order valence-corrected chi connectivity index (χ0v) is 9.65. The normalized spacial score (nSPS) is 22.9. The van der Waals surface area contributed by atoms with Gasteiger partial charge in [-0.25, -0.2) is 0 Å². The minimum Gasteiger partial charge on any atom is -0.508 e. The third kappa shape index (κ3) is 2.74. The van der Waals surface area contributed by atoms with Crippen LogP contribution in [-0.2, 0) is 4.74 Å². The van der Waals surface area contributed by atoms with Crippen molar-refractivity contribution in [1.82, 2.24) is 5.32 Å². The number of phenolic OH excluding ortho intramolecular Hbond substituents is 1. The third-order valence-electron chi connectivity index (χ3n) is 3.05. The van der Waals surface area contributed by atoms with E-state index < -0.39 is 0 Å². The zero-order chi connectivity index (χ0) is 11.4. The number of nitrogens with one attached hydrogen (secondary N) is 1. The van der Waals surface area contributed by atoms with Crippen LogP contribution in [0.4, 0.5) is 0 Å². The molecular weight excluding hydrogens is 202 g/mol. The molecule has 88 valence electrons. The van der Waals surface area contributed by atoms with Crippen LogP contribution in [0.15, 0.2) is 24.3 Å². The van der Waals surface area contributed by atoms with Gasteiger partial charge in [0.25, 0.3) is 0 Å². The first kappa shape index (κ1) is 11.4. The summed E-state index contributed by atoms with van der Waals surface area (Å²) < 4.78 is 5.42. The molecule has 2 N–H and O–H groups in total. The Morgan fingerprint density at radius 3 is 2.94 bits per heavy atom. The van der Waals surface area contributed by atoms with Crippen molar-refractivity contribution in [3.63, 3.8) is 0 Å². The quantitative estimate of drug-likeness (QED) is 0.822. The maximum atomic E-state index is 9.74. The number of para-hydroxylation sites is 1. The van der Waals surface area contributed by atoms with Gasteiger partial charge in [-0.2, -0.15) is 0 Å². The van der Waals surface area contributed by atoms with Gasteiger partial charge in [-0.1, -0.05) is 18.2 Å². The predicted octanol–water partition coefficient (Wildman–Crippen LogP) is 2.22. The largest absolute Gasteiger partial charge is 0.508 e. The van der Waals surface area contributed by atoms with Crippen LogP contribution in [0.5, 0.6) is 5.75 Å². The SMILES string of the molecule is CC(NC1CCCOC1)c1ccccc1O. The minimum absolute atomic E-state index is 0.160. The molecule has 0 saturated carbocycles. The summed E-state index contributed by atoms with van der Waals surface area (Å²) in [5.74, 6) is 0.360. The Morgan fingerprint density at radius 2 is 2.25 bits per heavy atom. The van der Waals surface area contributed by atoms with E-state index in [-0.39, 0.29) is 6.04 Å². The number of phenols is 1. The van der Waals surface area contributed by atoms with Crippen molar-refractivity contribution in [2.45, 2.75) is 31.8 Å². The van der Waals surface area contributed by atoms with Gasteiger partial charge in [-0.3, -0.25) is 0 Å². The first-order chi connectivity index (χ1) is 7.77. The van der Waals surface area contributed by atoms with Crippen LogP contribution in [0.3, 0.4) is 0 Å². The molecule has 0 amide bonds. The summed E-state index contributed by atoms with van der Waals surface area (Å²) in [4.78, 5) is 0. The maximum absolute atomic E-state index is 9.74. The van der Waals surface area contributed by atoms with Gasteiger partial charge >= 0.3 is 0 Å². The summed E-state index contributed by atoms with van der Waals surface area (Å²) in [6.45, 7) is 3.73. The topological polar surface area (TPSA) is 41.5 Å². The average molecular weight is 221 g/mol. The molecule has 1 heterocycles. The highest BCUT2D eigenvalue weighted by Crippen LogP contribution is 2.24. The van der Waals surface area contributed by atoms with E-state index in [4.69, 9.17) is 4.74 Å². The molecule has 2 rings (SSSR count). The van der Waals surface area contributed by atoms with Gasteiger partial charge in [0.2, 0.25) is 0 Å². The molecule has 1 saturated heterocycles. The molecule has 2 unspecified atom stereocenters. The summed E-state index contributed by atoms with van der Waals surface area (Å²) in [6, 6.07) is 8.04. The van der Waals surface area contributed by atoms with Crippen molar-refractivity contribution in [3.8, 4) is 5.75 Å². The molecule has 0 bridgehead atoms. The van der Waals surface area contributed by atoms with Gasteiger partial charge in [0, 0.05) is 24.3 Å². The smallest absolute Gasteiger partial charge is 0.120 e. The van der Waals surface area contributed by atoms with Crippen molar-refractivity contribution in [1.29, 1.82) is 0 Å². The lowest BCUT2D eigenvalue weighted by atomic mass is 10.0. The van der Waals surface area contributed by atoms with Crippen LogP contribution < -0.4 is 5.32 Å². The first-order valence-electron chi connectivity index (χ1n) is 5.89. The molecule has 0 aliphatic carbocycles. The number of ether oxygens (including phenoxy) is 1. The van der Waals surface area contributed by atoms with Crippen LogP contribution in [0, 0.1) is 0 Å². The molecular formula is C13H19NO2. The van der Waals surface area contributed by atoms with E-state index in [1.807, 2.05) is 18.2 Å². The van der Waals surface area contributed by atoms with Crippen molar-refractivity contribution >= 4 is 0 Å². The summed E-state index contributed by atoms with van der Waals surface area (Å²) in [7, 11) is 0. The van der Waals surface area contributed by atoms with Crippen molar-refractivity contribution in [3.05, 3.63) is 29.8 Å². The number of aromatic hydroxyl groups is 1. The van der Waals surface area contributed by atoms with Crippen LogP contribution >= 0.6 is 0 Å². The van der Waals surface area contributed by atoms with E-state index in [0.717, 1.165) is 31.6 Å². The standard InChI is InChI=1S/C13H19NO2/c1-10(12-6-2-3-7-13(12)15)14-11-5-4-8-16-9-11/h2-3,6-7,10-11,14-15H,4-5,8-9H2,1H3. The second kappa shape index (κ2) is 5.32. The van der Waals surface area contributed by atoms with Crippen LogP contribution in [-0.4, -0.2) is 24.4 Å². The Labute approximate surface area is 96.4 Å². The molecule has 3 heteroatoms. The Morgan fingerprint density at radius 1 is 1.44 bits per heavy atom. The molecule has 1 aromatic carbocycles. The maximum Gasteiger partial charge on any atom is 0.120 e. The third-order valence-corrected chi connectivity index (χ3v) is 3.05. The highest BCUT2D eigenvalue weighted by atomic mass is 16.5. The summed E-state index contributed by atoms with van der Waals surface area (Å²) >= 11 is 0. The molecule has 1 aliphatic rings. The fourth-order valence-corrected chi connectivity index (χ4v) is 2.17. The monoisotopic (exact) mass is 221 g/mol. The Kier molecular flexibility index (Phi) is 3.80. The van der Waals surface area contributed by atoms with E-state index in [0.29, 0.717) is 11.8 Å². The average Bonchev–Trinajstić information content (AvgIpc) is 2.31. The molecule has 1 aromatic rings. The summed E-state index contributed by atoms with van der Waals surface area (Å²) in [6.07, 6.45) is 2.27. The van der Waals surface area contributed by atoms with Gasteiger partial charge in [0.1, 0.15) is 5.75 Å². The molecule has 3 nitrogen and oxygen atoms in total. The molecule has 0 aromatic heterocycles. The van der Waals surface area contributed by atoms with Crippen LogP contribution in [0.25, 0.3) is 0 Å². The molecule has 2 atom stereocenters. The van der Waals surface area contributed by atoms with E-state index in [9.17, 15) is 5.11 Å². The lowest BCUT2D eigenvalue weighted by molar-refractivity contribution is 0.0670. The van der Waals surface area contributed by atoms with Crippen molar-refractivity contribution < 1.29 is 9.84 Å². The van der Waals surface area contributed by atoms with Crippen molar-refractivity contribution in [2.75, 3.05) is 13.2 Å². The van der Waals surface area contributed by atoms with Crippen LogP contribution in [0.1, 0.15) is 31.4 Å². The highest BCUT2D eigenvalue weighted by molar-refractivity contribution is 5.34. The minimum atomic E-state index is 0.160. The van der Waals surface area contributed by atoms with Gasteiger partial charge < -0.3 is 15.2 Å². The highest BCUT2D eigenvalue weighted by Gasteiger charge is 2.17. The van der Waals surface area contributed by atoms with E-state index in [1.54, 1.807) is 6.07 Å². The second-order valence-corrected chi connectivity index (χ2v) is 4.36. The Hall–Kier alpha value is -1.06. The molecule has 1 fully saturated rings. The summed E-state index contributed by atoms with van der Waals surface area (Å²) in [5.41, 5.74) is 0.952. The van der Waals surface area contributed by atoms with Gasteiger partial charge in [0.05, 0.1) is 6.61 Å². The number of benzene rings is 1.